The van der Waals surface area contributed by atoms with Crippen molar-refractivity contribution in [3.8, 4) is 0 Å². The van der Waals surface area contributed by atoms with Crippen molar-refractivity contribution in [1.29, 1.82) is 0 Å². The number of carbonyl (C=O) groups excluding carboxylic acids is 2. The monoisotopic (exact) mass is 344 g/mol. The van der Waals surface area contributed by atoms with Gasteiger partial charge in [0.1, 0.15) is 0 Å². The standard InChI is InChI=1S/C20H28N2O3/c1-14-5-7-16(8-6-14)20-15(2)4-3-11-21(20)12-17(23)13-22-18(24)9-10-19(22)25/h5-8,15,17,20,23H,3-4,9-13H2,1-2H3. The minimum absolute atomic E-state index is 0.114. The van der Waals surface area contributed by atoms with Gasteiger partial charge in [-0.2, -0.15) is 0 Å². The molecule has 2 heterocycles. The van der Waals surface area contributed by atoms with Gasteiger partial charge in [0, 0.05) is 25.4 Å². The van der Waals surface area contributed by atoms with Crippen molar-refractivity contribution in [1.82, 2.24) is 9.80 Å². The Morgan fingerprint density at radius 1 is 1.12 bits per heavy atom. The smallest absolute Gasteiger partial charge is 0.229 e. The molecule has 1 aromatic rings. The van der Waals surface area contributed by atoms with Crippen molar-refractivity contribution in [3.05, 3.63) is 35.4 Å². The van der Waals surface area contributed by atoms with E-state index in [0.717, 1.165) is 13.0 Å². The molecule has 2 saturated heterocycles. The highest BCUT2D eigenvalue weighted by Gasteiger charge is 2.34. The summed E-state index contributed by atoms with van der Waals surface area (Å²) in [6.07, 6.45) is 2.13. The quantitative estimate of drug-likeness (QED) is 0.833. The number of carbonyl (C=O) groups is 2. The van der Waals surface area contributed by atoms with Crippen LogP contribution < -0.4 is 0 Å². The summed E-state index contributed by atoms with van der Waals surface area (Å²) in [4.78, 5) is 27.1. The van der Waals surface area contributed by atoms with Crippen LogP contribution in [0.2, 0.25) is 0 Å². The maximum Gasteiger partial charge on any atom is 0.229 e. The number of piperidine rings is 1. The molecule has 5 nitrogen and oxygen atoms in total. The van der Waals surface area contributed by atoms with Gasteiger partial charge in [0.25, 0.3) is 0 Å². The highest BCUT2D eigenvalue weighted by atomic mass is 16.3. The van der Waals surface area contributed by atoms with Gasteiger partial charge in [-0.3, -0.25) is 19.4 Å². The summed E-state index contributed by atoms with van der Waals surface area (Å²) < 4.78 is 0. The van der Waals surface area contributed by atoms with Crippen molar-refractivity contribution >= 4 is 11.8 Å². The second kappa shape index (κ2) is 7.67. The number of hydrogen-bond acceptors (Lipinski definition) is 4. The number of nitrogens with zero attached hydrogens (tertiary/aromatic N) is 2. The third kappa shape index (κ3) is 4.10. The van der Waals surface area contributed by atoms with Crippen LogP contribution in [-0.4, -0.2) is 52.5 Å². The third-order valence-electron chi connectivity index (χ3n) is 5.45. The number of hydrogen-bond donors (Lipinski definition) is 1. The number of aliphatic hydroxyl groups excluding tert-OH is 1. The second-order valence-electron chi connectivity index (χ2n) is 7.52. The van der Waals surface area contributed by atoms with E-state index in [1.54, 1.807) is 0 Å². The Kier molecular flexibility index (Phi) is 5.54. The topological polar surface area (TPSA) is 60.9 Å². The molecule has 2 aliphatic heterocycles. The molecule has 0 spiro atoms. The van der Waals surface area contributed by atoms with Crippen LogP contribution in [0.4, 0.5) is 0 Å². The molecule has 3 unspecified atom stereocenters. The van der Waals surface area contributed by atoms with Crippen molar-refractivity contribution < 1.29 is 14.7 Å². The average molecular weight is 344 g/mol. The van der Waals surface area contributed by atoms with E-state index in [9.17, 15) is 14.7 Å². The Morgan fingerprint density at radius 3 is 2.40 bits per heavy atom. The number of aryl methyl sites for hydroxylation is 1. The molecule has 2 fully saturated rings. The Hall–Kier alpha value is -1.72. The van der Waals surface area contributed by atoms with Gasteiger partial charge in [-0.15, -0.1) is 0 Å². The maximum absolute atomic E-state index is 11.8. The Labute approximate surface area is 149 Å². The van der Waals surface area contributed by atoms with Crippen LogP contribution >= 0.6 is 0 Å². The van der Waals surface area contributed by atoms with Crippen LogP contribution in [0.25, 0.3) is 0 Å². The molecule has 0 radical (unpaired) electrons. The fourth-order valence-electron chi connectivity index (χ4n) is 4.15. The first-order valence-corrected chi connectivity index (χ1v) is 9.27. The van der Waals surface area contributed by atoms with Gasteiger partial charge in [0.2, 0.25) is 11.8 Å². The first-order valence-electron chi connectivity index (χ1n) is 9.27. The summed E-state index contributed by atoms with van der Waals surface area (Å²) in [7, 11) is 0. The molecule has 5 heteroatoms. The normalized spacial score (nSPS) is 26.3. The molecule has 2 aliphatic rings. The van der Waals surface area contributed by atoms with Crippen LogP contribution in [0, 0.1) is 12.8 Å². The zero-order valence-electron chi connectivity index (χ0n) is 15.1. The lowest BCUT2D eigenvalue weighted by atomic mass is 9.85. The predicted molar refractivity (Wildman–Crippen MR) is 95.9 cm³/mol. The van der Waals surface area contributed by atoms with E-state index >= 15 is 0 Å². The summed E-state index contributed by atoms with van der Waals surface area (Å²) in [6.45, 7) is 5.88. The van der Waals surface area contributed by atoms with Gasteiger partial charge in [-0.25, -0.2) is 0 Å². The molecular weight excluding hydrogens is 316 g/mol. The SMILES string of the molecule is Cc1ccc(C2C(C)CCCN2CC(O)CN2C(=O)CCC2=O)cc1. The van der Waals surface area contributed by atoms with Crippen molar-refractivity contribution in [2.75, 3.05) is 19.6 Å². The highest BCUT2D eigenvalue weighted by molar-refractivity contribution is 6.01. The number of likely N-dealkylation sites (tertiary alicyclic amines) is 2. The summed E-state index contributed by atoms with van der Waals surface area (Å²) in [5, 5.41) is 10.5. The summed E-state index contributed by atoms with van der Waals surface area (Å²) in [5.74, 6) is 0.191. The fraction of sp³-hybridized carbons (Fsp3) is 0.600. The van der Waals surface area contributed by atoms with E-state index in [2.05, 4.69) is 43.0 Å². The Morgan fingerprint density at radius 2 is 1.76 bits per heavy atom. The third-order valence-corrected chi connectivity index (χ3v) is 5.45. The average Bonchev–Trinajstić information content (AvgIpc) is 2.88. The molecular formula is C20H28N2O3. The minimum Gasteiger partial charge on any atom is -0.390 e. The van der Waals surface area contributed by atoms with Crippen molar-refractivity contribution in [3.63, 3.8) is 0 Å². The van der Waals surface area contributed by atoms with Gasteiger partial charge >= 0.3 is 0 Å². The number of rotatable bonds is 5. The summed E-state index contributed by atoms with van der Waals surface area (Å²) in [5.41, 5.74) is 2.52. The van der Waals surface area contributed by atoms with Crippen molar-refractivity contribution in [2.24, 2.45) is 5.92 Å². The molecule has 3 atom stereocenters. The lowest BCUT2D eigenvalue weighted by molar-refractivity contribution is -0.140. The summed E-state index contributed by atoms with van der Waals surface area (Å²) in [6, 6.07) is 8.89. The lowest BCUT2D eigenvalue weighted by Gasteiger charge is -2.41. The van der Waals surface area contributed by atoms with E-state index < -0.39 is 6.10 Å². The van der Waals surface area contributed by atoms with Crippen molar-refractivity contribution in [2.45, 2.75) is 51.7 Å². The van der Waals surface area contributed by atoms with Crippen LogP contribution in [0.5, 0.6) is 0 Å². The molecule has 1 aromatic carbocycles. The van der Waals surface area contributed by atoms with Crippen LogP contribution in [-0.2, 0) is 9.59 Å². The molecule has 25 heavy (non-hydrogen) atoms. The number of benzene rings is 1. The minimum atomic E-state index is -0.704. The zero-order chi connectivity index (χ0) is 18.0. The Bertz CT molecular complexity index is 612. The van der Waals surface area contributed by atoms with E-state index in [4.69, 9.17) is 0 Å². The molecule has 0 aliphatic carbocycles. The molecule has 0 bridgehead atoms. The number of imide groups is 1. The molecule has 3 rings (SSSR count). The predicted octanol–water partition coefficient (Wildman–Crippen LogP) is 2.28. The van der Waals surface area contributed by atoms with Gasteiger partial charge in [-0.1, -0.05) is 36.8 Å². The van der Waals surface area contributed by atoms with E-state index in [1.807, 2.05) is 0 Å². The lowest BCUT2D eigenvalue weighted by Crippen LogP contribution is -2.46. The van der Waals surface area contributed by atoms with Gasteiger partial charge in [0.05, 0.1) is 12.6 Å². The van der Waals surface area contributed by atoms with Crippen LogP contribution in [0.15, 0.2) is 24.3 Å². The largest absolute Gasteiger partial charge is 0.390 e. The second-order valence-corrected chi connectivity index (χ2v) is 7.52. The number of β-amino-alcohol motifs (C(OH)–C–C–N with tert-alkyl or cyclic N) is 1. The number of aliphatic hydroxyl groups is 1. The molecule has 0 saturated carbocycles. The molecule has 2 amide bonds. The van der Waals surface area contributed by atoms with Gasteiger partial charge in [0.15, 0.2) is 0 Å². The summed E-state index contributed by atoms with van der Waals surface area (Å²) >= 11 is 0. The first-order chi connectivity index (χ1) is 12.0. The molecule has 1 N–H and O–H groups in total. The maximum atomic E-state index is 11.8. The van der Waals surface area contributed by atoms with E-state index in [0.29, 0.717) is 12.5 Å². The van der Waals surface area contributed by atoms with Crippen LogP contribution in [0.1, 0.15) is 49.8 Å². The van der Waals surface area contributed by atoms with Gasteiger partial charge in [-0.05, 0) is 37.8 Å². The fourth-order valence-corrected chi connectivity index (χ4v) is 4.15. The van der Waals surface area contributed by atoms with Crippen LogP contribution in [0.3, 0.4) is 0 Å². The molecule has 136 valence electrons. The molecule has 0 aromatic heterocycles. The van der Waals surface area contributed by atoms with E-state index in [1.165, 1.54) is 22.4 Å². The number of amides is 2. The Balaban J connectivity index is 1.69. The van der Waals surface area contributed by atoms with E-state index in [-0.39, 0.29) is 37.2 Å². The highest BCUT2D eigenvalue weighted by Crippen LogP contribution is 2.36. The van der Waals surface area contributed by atoms with Gasteiger partial charge < -0.3 is 5.11 Å². The zero-order valence-corrected chi connectivity index (χ0v) is 15.1. The first kappa shape index (κ1) is 18.1.